The van der Waals surface area contributed by atoms with Crippen molar-refractivity contribution in [1.29, 1.82) is 0 Å². The van der Waals surface area contributed by atoms with E-state index < -0.39 is 4.92 Å². The summed E-state index contributed by atoms with van der Waals surface area (Å²) in [6, 6.07) is 10.9. The Kier molecular flexibility index (Phi) is 4.37. The van der Waals surface area contributed by atoms with Crippen LogP contribution in [0.4, 0.5) is 27.1 Å². The van der Waals surface area contributed by atoms with Gasteiger partial charge in [-0.2, -0.15) is 0 Å². The molecule has 0 radical (unpaired) electrons. The molecule has 2 aromatic carbocycles. The second kappa shape index (κ2) is 6.21. The molecule has 0 aliphatic rings. The van der Waals surface area contributed by atoms with Crippen LogP contribution >= 0.6 is 0 Å². The fourth-order valence-corrected chi connectivity index (χ4v) is 2.13. The largest absolute Gasteiger partial charge is 0.380 e. The minimum absolute atomic E-state index is 0.00572. The highest BCUT2D eigenvalue weighted by molar-refractivity contribution is 5.80. The molecule has 0 fully saturated rings. The Morgan fingerprint density at radius 2 is 1.90 bits per heavy atom. The first-order valence-electron chi connectivity index (χ1n) is 6.55. The van der Waals surface area contributed by atoms with Gasteiger partial charge in [0.2, 0.25) is 0 Å². The topological polar surface area (TPSA) is 58.4 Å². The molecule has 0 unspecified atom stereocenters. The molecule has 110 valence electrons. The van der Waals surface area contributed by atoms with Crippen LogP contribution in [0.3, 0.4) is 0 Å². The van der Waals surface area contributed by atoms with Crippen molar-refractivity contribution in [2.75, 3.05) is 23.8 Å². The Morgan fingerprint density at radius 3 is 2.48 bits per heavy atom. The standard InChI is InChI=1S/C15H16FN3O2/c1-3-17-13-5-4-6-14(15(13)19(20)21)18(2)12-9-7-11(16)8-10-12/h4-10,17H,3H2,1-2H3. The van der Waals surface area contributed by atoms with Gasteiger partial charge in [-0.3, -0.25) is 10.1 Å². The highest BCUT2D eigenvalue weighted by Crippen LogP contribution is 2.37. The molecule has 2 rings (SSSR count). The molecule has 0 saturated carbocycles. The predicted molar refractivity (Wildman–Crippen MR) is 81.7 cm³/mol. The number of nitrogens with one attached hydrogen (secondary N) is 1. The third-order valence-corrected chi connectivity index (χ3v) is 3.14. The lowest BCUT2D eigenvalue weighted by molar-refractivity contribution is -0.383. The zero-order valence-electron chi connectivity index (χ0n) is 11.8. The molecule has 21 heavy (non-hydrogen) atoms. The van der Waals surface area contributed by atoms with Gasteiger partial charge in [-0.25, -0.2) is 4.39 Å². The van der Waals surface area contributed by atoms with E-state index in [2.05, 4.69) is 5.32 Å². The van der Waals surface area contributed by atoms with Crippen molar-refractivity contribution in [2.45, 2.75) is 6.92 Å². The number of benzene rings is 2. The molecule has 0 aliphatic carbocycles. The van der Waals surface area contributed by atoms with E-state index in [1.54, 1.807) is 42.3 Å². The first kappa shape index (κ1) is 14.8. The van der Waals surface area contributed by atoms with Gasteiger partial charge in [0.1, 0.15) is 17.2 Å². The Balaban J connectivity index is 2.49. The van der Waals surface area contributed by atoms with Crippen LogP contribution in [0, 0.1) is 15.9 Å². The summed E-state index contributed by atoms with van der Waals surface area (Å²) in [6.45, 7) is 2.46. The monoisotopic (exact) mass is 289 g/mol. The number of nitrogens with zero attached hydrogens (tertiary/aromatic N) is 2. The van der Waals surface area contributed by atoms with Crippen LogP contribution in [-0.4, -0.2) is 18.5 Å². The SMILES string of the molecule is CCNc1cccc(N(C)c2ccc(F)cc2)c1[N+](=O)[O-]. The van der Waals surface area contributed by atoms with Crippen LogP contribution < -0.4 is 10.2 Å². The maximum absolute atomic E-state index is 13.0. The molecule has 5 nitrogen and oxygen atoms in total. The Bertz CT molecular complexity index is 644. The van der Waals surface area contributed by atoms with Crippen LogP contribution in [0.2, 0.25) is 0 Å². The van der Waals surface area contributed by atoms with Crippen molar-refractivity contribution in [2.24, 2.45) is 0 Å². The number of hydrogen-bond donors (Lipinski definition) is 1. The number of nitro groups is 1. The van der Waals surface area contributed by atoms with Gasteiger partial charge in [0.25, 0.3) is 0 Å². The Hall–Kier alpha value is -2.63. The van der Waals surface area contributed by atoms with Gasteiger partial charge < -0.3 is 10.2 Å². The summed E-state index contributed by atoms with van der Waals surface area (Å²) < 4.78 is 13.0. The average Bonchev–Trinajstić information content (AvgIpc) is 2.47. The van der Waals surface area contributed by atoms with Crippen LogP contribution in [0.15, 0.2) is 42.5 Å². The van der Waals surface area contributed by atoms with E-state index in [9.17, 15) is 14.5 Å². The molecule has 2 aromatic rings. The lowest BCUT2D eigenvalue weighted by atomic mass is 10.2. The maximum atomic E-state index is 13.0. The molecular weight excluding hydrogens is 273 g/mol. The summed E-state index contributed by atoms with van der Waals surface area (Å²) in [4.78, 5) is 12.6. The number of rotatable bonds is 5. The van der Waals surface area contributed by atoms with Crippen molar-refractivity contribution >= 4 is 22.7 Å². The number of nitro benzene ring substituents is 1. The minimum Gasteiger partial charge on any atom is -0.380 e. The summed E-state index contributed by atoms with van der Waals surface area (Å²) in [5, 5.41) is 14.4. The molecule has 0 aliphatic heterocycles. The van der Waals surface area contributed by atoms with Crippen LogP contribution in [0.25, 0.3) is 0 Å². The van der Waals surface area contributed by atoms with Crippen LogP contribution in [-0.2, 0) is 0 Å². The normalized spacial score (nSPS) is 10.2. The molecule has 0 amide bonds. The van der Waals surface area contributed by atoms with Gasteiger partial charge >= 0.3 is 5.69 Å². The quantitative estimate of drug-likeness (QED) is 0.669. The molecule has 0 atom stereocenters. The second-order valence-corrected chi connectivity index (χ2v) is 4.50. The van der Waals surface area contributed by atoms with E-state index in [1.807, 2.05) is 6.92 Å². The van der Waals surface area contributed by atoms with E-state index in [-0.39, 0.29) is 11.5 Å². The maximum Gasteiger partial charge on any atom is 0.315 e. The number of hydrogen-bond acceptors (Lipinski definition) is 4. The van der Waals surface area contributed by atoms with Gasteiger partial charge in [0, 0.05) is 19.3 Å². The zero-order valence-corrected chi connectivity index (χ0v) is 11.8. The highest BCUT2D eigenvalue weighted by Gasteiger charge is 2.22. The molecule has 6 heteroatoms. The van der Waals surface area contributed by atoms with E-state index in [0.717, 1.165) is 0 Å². The molecule has 0 aromatic heterocycles. The third kappa shape index (κ3) is 3.10. The number of halogens is 1. The molecule has 0 bridgehead atoms. The van der Waals surface area contributed by atoms with Crippen molar-refractivity contribution in [3.8, 4) is 0 Å². The lowest BCUT2D eigenvalue weighted by Crippen LogP contribution is -2.13. The minimum atomic E-state index is -0.409. The molecule has 0 spiro atoms. The lowest BCUT2D eigenvalue weighted by Gasteiger charge is -2.20. The fraction of sp³-hybridized carbons (Fsp3) is 0.200. The van der Waals surface area contributed by atoms with E-state index >= 15 is 0 Å². The summed E-state index contributed by atoms with van der Waals surface area (Å²) in [6.07, 6.45) is 0. The highest BCUT2D eigenvalue weighted by atomic mass is 19.1. The van der Waals surface area contributed by atoms with Gasteiger partial charge in [-0.15, -0.1) is 0 Å². The van der Waals surface area contributed by atoms with E-state index in [4.69, 9.17) is 0 Å². The average molecular weight is 289 g/mol. The molecule has 0 saturated heterocycles. The first-order chi connectivity index (χ1) is 10.0. The van der Waals surface area contributed by atoms with Crippen LogP contribution in [0.5, 0.6) is 0 Å². The number of para-hydroxylation sites is 1. The smallest absolute Gasteiger partial charge is 0.315 e. The van der Waals surface area contributed by atoms with E-state index in [1.165, 1.54) is 12.1 Å². The first-order valence-corrected chi connectivity index (χ1v) is 6.55. The van der Waals surface area contributed by atoms with Crippen molar-refractivity contribution in [1.82, 2.24) is 0 Å². The molecule has 0 heterocycles. The number of anilines is 3. The van der Waals surface area contributed by atoms with Gasteiger partial charge in [-0.1, -0.05) is 6.07 Å². The van der Waals surface area contributed by atoms with Crippen LogP contribution in [0.1, 0.15) is 6.92 Å². The van der Waals surface area contributed by atoms with Crippen molar-refractivity contribution in [3.05, 3.63) is 58.4 Å². The van der Waals surface area contributed by atoms with Gasteiger partial charge in [0.15, 0.2) is 0 Å². The predicted octanol–water partition coefficient (Wildman–Crippen LogP) is 3.93. The zero-order chi connectivity index (χ0) is 15.4. The summed E-state index contributed by atoms with van der Waals surface area (Å²) in [5.41, 5.74) is 1.60. The second-order valence-electron chi connectivity index (χ2n) is 4.50. The van der Waals surface area contributed by atoms with Gasteiger partial charge in [0.05, 0.1) is 4.92 Å². The van der Waals surface area contributed by atoms with E-state index in [0.29, 0.717) is 23.6 Å². The summed E-state index contributed by atoms with van der Waals surface area (Å²) in [7, 11) is 1.71. The van der Waals surface area contributed by atoms with Gasteiger partial charge in [-0.05, 0) is 43.3 Å². The summed E-state index contributed by atoms with van der Waals surface area (Å²) >= 11 is 0. The van der Waals surface area contributed by atoms with Crippen molar-refractivity contribution < 1.29 is 9.31 Å². The third-order valence-electron chi connectivity index (χ3n) is 3.14. The fourth-order valence-electron chi connectivity index (χ4n) is 2.13. The molecule has 1 N–H and O–H groups in total. The molecular formula is C15H16FN3O2. The Morgan fingerprint density at radius 1 is 1.24 bits per heavy atom. The summed E-state index contributed by atoms with van der Waals surface area (Å²) in [5.74, 6) is -0.344. The van der Waals surface area contributed by atoms with Crippen molar-refractivity contribution in [3.63, 3.8) is 0 Å². The Labute approximate surface area is 122 Å².